The Labute approximate surface area is 98.6 Å². The SMILES string of the molecule is NC(=O)CSCCNC(=O)c1ccccc1. The van der Waals surface area contributed by atoms with E-state index in [-0.39, 0.29) is 11.8 Å². The molecule has 0 aromatic heterocycles. The summed E-state index contributed by atoms with van der Waals surface area (Å²) in [7, 11) is 0. The molecule has 0 bridgehead atoms. The summed E-state index contributed by atoms with van der Waals surface area (Å²) in [4.78, 5) is 22.0. The van der Waals surface area contributed by atoms with Gasteiger partial charge in [-0.05, 0) is 12.1 Å². The molecule has 0 saturated heterocycles. The summed E-state index contributed by atoms with van der Waals surface area (Å²) >= 11 is 1.41. The highest BCUT2D eigenvalue weighted by atomic mass is 32.2. The first-order valence-electron chi connectivity index (χ1n) is 4.89. The quantitative estimate of drug-likeness (QED) is 0.714. The molecule has 0 aliphatic carbocycles. The zero-order valence-electron chi connectivity index (χ0n) is 8.81. The van der Waals surface area contributed by atoms with Crippen LogP contribution in [0.2, 0.25) is 0 Å². The summed E-state index contributed by atoms with van der Waals surface area (Å²) in [6.45, 7) is 0.533. The maximum atomic E-state index is 11.5. The molecule has 0 heterocycles. The molecule has 0 aliphatic rings. The summed E-state index contributed by atoms with van der Waals surface area (Å²) < 4.78 is 0. The number of benzene rings is 1. The minimum Gasteiger partial charge on any atom is -0.369 e. The largest absolute Gasteiger partial charge is 0.369 e. The Bertz CT molecular complexity index is 354. The Balaban J connectivity index is 2.19. The molecular formula is C11H14N2O2S. The molecule has 3 N–H and O–H groups in total. The lowest BCUT2D eigenvalue weighted by Gasteiger charge is -2.04. The van der Waals surface area contributed by atoms with Crippen LogP contribution in [0.5, 0.6) is 0 Å². The van der Waals surface area contributed by atoms with E-state index < -0.39 is 0 Å². The molecule has 0 saturated carbocycles. The van der Waals surface area contributed by atoms with Gasteiger partial charge in [-0.15, -0.1) is 0 Å². The maximum Gasteiger partial charge on any atom is 0.251 e. The molecule has 1 rings (SSSR count). The van der Waals surface area contributed by atoms with E-state index in [4.69, 9.17) is 5.73 Å². The van der Waals surface area contributed by atoms with Crippen molar-refractivity contribution >= 4 is 23.6 Å². The molecular weight excluding hydrogens is 224 g/mol. The van der Waals surface area contributed by atoms with Gasteiger partial charge >= 0.3 is 0 Å². The van der Waals surface area contributed by atoms with Crippen LogP contribution in [-0.4, -0.2) is 29.9 Å². The van der Waals surface area contributed by atoms with Crippen molar-refractivity contribution in [1.29, 1.82) is 0 Å². The van der Waals surface area contributed by atoms with E-state index in [1.165, 1.54) is 11.8 Å². The molecule has 1 aromatic rings. The highest BCUT2D eigenvalue weighted by Crippen LogP contribution is 1.99. The van der Waals surface area contributed by atoms with Crippen LogP contribution < -0.4 is 11.1 Å². The molecule has 1 aromatic carbocycles. The Morgan fingerprint density at radius 1 is 1.25 bits per heavy atom. The molecule has 86 valence electrons. The summed E-state index contributed by atoms with van der Waals surface area (Å²) in [5.41, 5.74) is 5.62. The van der Waals surface area contributed by atoms with Crippen molar-refractivity contribution in [3.05, 3.63) is 35.9 Å². The minimum atomic E-state index is -0.334. The molecule has 16 heavy (non-hydrogen) atoms. The smallest absolute Gasteiger partial charge is 0.251 e. The van der Waals surface area contributed by atoms with Crippen LogP contribution >= 0.6 is 11.8 Å². The normalized spacial score (nSPS) is 9.75. The number of hydrogen-bond donors (Lipinski definition) is 2. The molecule has 0 spiro atoms. The Kier molecular flexibility index (Phi) is 5.42. The van der Waals surface area contributed by atoms with E-state index >= 15 is 0 Å². The Morgan fingerprint density at radius 2 is 1.94 bits per heavy atom. The number of rotatable bonds is 6. The first kappa shape index (κ1) is 12.6. The van der Waals surface area contributed by atoms with E-state index in [2.05, 4.69) is 5.32 Å². The maximum absolute atomic E-state index is 11.5. The van der Waals surface area contributed by atoms with Gasteiger partial charge in [0.15, 0.2) is 0 Å². The summed E-state index contributed by atoms with van der Waals surface area (Å²) in [6.07, 6.45) is 0. The van der Waals surface area contributed by atoms with Crippen molar-refractivity contribution < 1.29 is 9.59 Å². The fraction of sp³-hybridized carbons (Fsp3) is 0.273. The van der Waals surface area contributed by atoms with Crippen LogP contribution in [0.3, 0.4) is 0 Å². The van der Waals surface area contributed by atoms with Crippen LogP contribution in [0.4, 0.5) is 0 Å². The van der Waals surface area contributed by atoms with Crippen LogP contribution in [0.1, 0.15) is 10.4 Å². The van der Waals surface area contributed by atoms with Crippen LogP contribution in [0.15, 0.2) is 30.3 Å². The molecule has 2 amide bonds. The number of nitrogens with one attached hydrogen (secondary N) is 1. The highest BCUT2D eigenvalue weighted by molar-refractivity contribution is 7.99. The van der Waals surface area contributed by atoms with Gasteiger partial charge in [0.05, 0.1) is 5.75 Å². The highest BCUT2D eigenvalue weighted by Gasteiger charge is 2.02. The van der Waals surface area contributed by atoms with Gasteiger partial charge in [-0.25, -0.2) is 0 Å². The van der Waals surface area contributed by atoms with Gasteiger partial charge in [-0.2, -0.15) is 11.8 Å². The van der Waals surface area contributed by atoms with E-state index in [0.29, 0.717) is 23.6 Å². The molecule has 0 unspecified atom stereocenters. The zero-order chi connectivity index (χ0) is 11.8. The topological polar surface area (TPSA) is 72.2 Å². The van der Waals surface area contributed by atoms with Crippen molar-refractivity contribution in [1.82, 2.24) is 5.32 Å². The number of thioether (sulfide) groups is 1. The number of hydrogen-bond acceptors (Lipinski definition) is 3. The van der Waals surface area contributed by atoms with Crippen molar-refractivity contribution in [3.8, 4) is 0 Å². The lowest BCUT2D eigenvalue weighted by atomic mass is 10.2. The van der Waals surface area contributed by atoms with Gasteiger partial charge in [-0.3, -0.25) is 9.59 Å². The summed E-state index contributed by atoms with van der Waals surface area (Å²) in [6, 6.07) is 9.00. The first-order chi connectivity index (χ1) is 7.70. The van der Waals surface area contributed by atoms with Gasteiger partial charge in [-0.1, -0.05) is 18.2 Å². The third-order valence-electron chi connectivity index (χ3n) is 1.81. The lowest BCUT2D eigenvalue weighted by molar-refractivity contribution is -0.115. The Hall–Kier alpha value is -1.49. The van der Waals surface area contributed by atoms with Crippen molar-refractivity contribution in [2.75, 3.05) is 18.1 Å². The fourth-order valence-electron chi connectivity index (χ4n) is 1.10. The average molecular weight is 238 g/mol. The second-order valence-electron chi connectivity index (χ2n) is 3.14. The van der Waals surface area contributed by atoms with E-state index in [1.807, 2.05) is 18.2 Å². The standard InChI is InChI=1S/C11H14N2O2S/c12-10(14)8-16-7-6-13-11(15)9-4-2-1-3-5-9/h1-5H,6-8H2,(H2,12,14)(H,13,15). The van der Waals surface area contributed by atoms with Gasteiger partial charge in [0, 0.05) is 17.9 Å². The first-order valence-corrected chi connectivity index (χ1v) is 6.05. The molecule has 0 fully saturated rings. The predicted molar refractivity (Wildman–Crippen MR) is 65.3 cm³/mol. The predicted octanol–water partition coefficient (Wildman–Crippen LogP) is 0.635. The number of carbonyl (C=O) groups is 2. The van der Waals surface area contributed by atoms with E-state index in [9.17, 15) is 9.59 Å². The third kappa shape index (κ3) is 4.84. The van der Waals surface area contributed by atoms with Crippen molar-refractivity contribution in [2.45, 2.75) is 0 Å². The second-order valence-corrected chi connectivity index (χ2v) is 4.25. The number of nitrogens with two attached hydrogens (primary N) is 1. The van der Waals surface area contributed by atoms with Crippen molar-refractivity contribution in [2.24, 2.45) is 5.73 Å². The Morgan fingerprint density at radius 3 is 2.56 bits per heavy atom. The van der Waals surface area contributed by atoms with Crippen molar-refractivity contribution in [3.63, 3.8) is 0 Å². The average Bonchev–Trinajstić information content (AvgIpc) is 2.29. The summed E-state index contributed by atoms with van der Waals surface area (Å²) in [5, 5.41) is 2.76. The van der Waals surface area contributed by atoms with E-state index in [1.54, 1.807) is 12.1 Å². The molecule has 0 aliphatic heterocycles. The zero-order valence-corrected chi connectivity index (χ0v) is 9.63. The van der Waals surface area contributed by atoms with Gasteiger partial charge in [0.2, 0.25) is 5.91 Å². The molecule has 0 atom stereocenters. The number of amides is 2. The fourth-order valence-corrected chi connectivity index (χ4v) is 1.69. The van der Waals surface area contributed by atoms with Crippen LogP contribution in [-0.2, 0) is 4.79 Å². The van der Waals surface area contributed by atoms with E-state index in [0.717, 1.165) is 0 Å². The van der Waals surface area contributed by atoms with Crippen LogP contribution in [0, 0.1) is 0 Å². The second kappa shape index (κ2) is 6.90. The number of carbonyl (C=O) groups excluding carboxylic acids is 2. The minimum absolute atomic E-state index is 0.0970. The monoisotopic (exact) mass is 238 g/mol. The lowest BCUT2D eigenvalue weighted by Crippen LogP contribution is -2.26. The molecule has 0 radical (unpaired) electrons. The molecule has 5 heteroatoms. The van der Waals surface area contributed by atoms with Gasteiger partial charge < -0.3 is 11.1 Å². The molecule has 4 nitrogen and oxygen atoms in total. The van der Waals surface area contributed by atoms with Crippen LogP contribution in [0.25, 0.3) is 0 Å². The summed E-state index contributed by atoms with van der Waals surface area (Å²) in [5.74, 6) is 0.544. The number of primary amides is 1. The van der Waals surface area contributed by atoms with Gasteiger partial charge in [0.1, 0.15) is 0 Å². The third-order valence-corrected chi connectivity index (χ3v) is 2.79. The van der Waals surface area contributed by atoms with Gasteiger partial charge in [0.25, 0.3) is 5.91 Å².